The van der Waals surface area contributed by atoms with Crippen molar-refractivity contribution in [2.75, 3.05) is 17.1 Å². The van der Waals surface area contributed by atoms with Crippen molar-refractivity contribution in [3.05, 3.63) is 78.5 Å². The molecule has 10 heteroatoms. The first-order chi connectivity index (χ1) is 17.5. The Hall–Kier alpha value is -4.31. The highest BCUT2D eigenvalue weighted by atomic mass is 32.2. The van der Waals surface area contributed by atoms with E-state index < -0.39 is 10.0 Å². The van der Waals surface area contributed by atoms with E-state index in [9.17, 15) is 8.42 Å². The average molecular weight is 502 g/mol. The quantitative estimate of drug-likeness (QED) is 0.251. The normalized spacial score (nSPS) is 13.6. The van der Waals surface area contributed by atoms with Crippen LogP contribution in [0.3, 0.4) is 0 Å². The lowest BCUT2D eigenvalue weighted by Gasteiger charge is -2.10. The molecule has 0 radical (unpaired) electrons. The van der Waals surface area contributed by atoms with Crippen LogP contribution in [0.1, 0.15) is 24.5 Å². The van der Waals surface area contributed by atoms with Gasteiger partial charge in [0.05, 0.1) is 23.1 Å². The molecule has 36 heavy (non-hydrogen) atoms. The van der Waals surface area contributed by atoms with Crippen molar-refractivity contribution in [1.82, 2.24) is 15.4 Å². The number of rotatable bonds is 8. The second-order valence-corrected chi connectivity index (χ2v) is 10.4. The topological polar surface area (TPSA) is 122 Å². The Labute approximate surface area is 207 Å². The number of benzene rings is 3. The van der Waals surface area contributed by atoms with E-state index in [0.29, 0.717) is 34.1 Å². The van der Waals surface area contributed by atoms with Crippen molar-refractivity contribution in [2.45, 2.75) is 23.7 Å². The van der Waals surface area contributed by atoms with Gasteiger partial charge in [0.25, 0.3) is 10.0 Å². The zero-order chi connectivity index (χ0) is 24.7. The number of ether oxygens (including phenoxy) is 1. The predicted octanol–water partition coefficient (Wildman–Crippen LogP) is 5.65. The molecule has 1 saturated carbocycles. The zero-order valence-electron chi connectivity index (χ0n) is 19.4. The molecule has 1 fully saturated rings. The van der Waals surface area contributed by atoms with Crippen molar-refractivity contribution in [3.63, 3.8) is 0 Å². The molecular weight excluding hydrogens is 478 g/mol. The van der Waals surface area contributed by atoms with Crippen LogP contribution in [0.4, 0.5) is 17.3 Å². The van der Waals surface area contributed by atoms with Gasteiger partial charge in [-0.3, -0.25) is 9.82 Å². The van der Waals surface area contributed by atoms with Crippen LogP contribution in [0.2, 0.25) is 0 Å². The lowest BCUT2D eigenvalue weighted by Crippen LogP contribution is -2.13. The van der Waals surface area contributed by atoms with Crippen LogP contribution in [0.25, 0.3) is 22.1 Å². The van der Waals surface area contributed by atoms with Gasteiger partial charge in [-0.05, 0) is 42.2 Å². The SMILES string of the molecule is COc1cc2c(NS(=O)(=O)c3ccc(-c4ccccc4)cc3)noc2cc1Nc1cc(C2CC2)[nH]n1. The van der Waals surface area contributed by atoms with Gasteiger partial charge in [-0.1, -0.05) is 47.6 Å². The number of hydrogen-bond acceptors (Lipinski definition) is 7. The number of methoxy groups -OCH3 is 1. The molecule has 2 aromatic heterocycles. The van der Waals surface area contributed by atoms with Crippen molar-refractivity contribution in [3.8, 4) is 16.9 Å². The van der Waals surface area contributed by atoms with Gasteiger partial charge >= 0.3 is 0 Å². The van der Waals surface area contributed by atoms with Crippen molar-refractivity contribution in [1.29, 1.82) is 0 Å². The summed E-state index contributed by atoms with van der Waals surface area (Å²) in [5, 5.41) is 15.0. The Bertz CT molecular complexity index is 1640. The van der Waals surface area contributed by atoms with E-state index in [1.807, 2.05) is 36.4 Å². The number of sulfonamides is 1. The molecule has 182 valence electrons. The molecule has 0 saturated heterocycles. The first-order valence-electron chi connectivity index (χ1n) is 11.5. The molecular formula is C26H23N5O4S. The largest absolute Gasteiger partial charge is 0.495 e. The van der Waals surface area contributed by atoms with Gasteiger partial charge < -0.3 is 14.6 Å². The maximum atomic E-state index is 13.1. The number of aromatic amines is 1. The maximum Gasteiger partial charge on any atom is 0.263 e. The Kier molecular flexibility index (Phi) is 5.37. The first-order valence-corrected chi connectivity index (χ1v) is 13.0. The number of H-pyrrole nitrogens is 1. The number of hydrogen-bond donors (Lipinski definition) is 3. The molecule has 0 unspecified atom stereocenters. The van der Waals surface area contributed by atoms with Gasteiger partial charge in [0.2, 0.25) is 0 Å². The highest BCUT2D eigenvalue weighted by Crippen LogP contribution is 2.40. The van der Waals surface area contributed by atoms with Gasteiger partial charge in [-0.2, -0.15) is 5.10 Å². The van der Waals surface area contributed by atoms with Gasteiger partial charge in [-0.15, -0.1) is 0 Å². The molecule has 2 heterocycles. The summed E-state index contributed by atoms with van der Waals surface area (Å²) in [6.45, 7) is 0. The third-order valence-electron chi connectivity index (χ3n) is 6.17. The molecule has 3 N–H and O–H groups in total. The summed E-state index contributed by atoms with van der Waals surface area (Å²) in [4.78, 5) is 0.119. The van der Waals surface area contributed by atoms with Gasteiger partial charge in [0.15, 0.2) is 17.2 Å². The molecule has 1 aliphatic rings. The molecule has 9 nitrogen and oxygen atoms in total. The summed E-state index contributed by atoms with van der Waals surface area (Å²) in [7, 11) is -2.35. The van der Waals surface area contributed by atoms with Crippen LogP contribution in [-0.2, 0) is 10.0 Å². The van der Waals surface area contributed by atoms with Crippen LogP contribution < -0.4 is 14.8 Å². The standard InChI is InChI=1S/C26H23N5O4S/c1-34-24-13-20-23(14-22(24)27-25-15-21(28-29-25)18-7-8-18)35-30-26(20)31-36(32,33)19-11-9-17(10-12-19)16-5-3-2-4-6-16/h2-6,9-15,18H,7-8H2,1H3,(H,30,31)(H2,27,28,29). The Morgan fingerprint density at radius 2 is 1.75 bits per heavy atom. The second-order valence-electron chi connectivity index (χ2n) is 8.68. The minimum absolute atomic E-state index is 0.0813. The Morgan fingerprint density at radius 3 is 2.47 bits per heavy atom. The van der Waals surface area contributed by atoms with Crippen LogP contribution in [0, 0.1) is 0 Å². The minimum atomic E-state index is -3.89. The van der Waals surface area contributed by atoms with Crippen molar-refractivity contribution in [2.24, 2.45) is 0 Å². The summed E-state index contributed by atoms with van der Waals surface area (Å²) in [6.07, 6.45) is 2.34. The number of fused-ring (bicyclic) bond motifs is 1. The highest BCUT2D eigenvalue weighted by Gasteiger charge is 2.26. The zero-order valence-corrected chi connectivity index (χ0v) is 20.2. The monoisotopic (exact) mass is 501 g/mol. The van der Waals surface area contributed by atoms with Gasteiger partial charge in [0.1, 0.15) is 5.75 Å². The molecule has 0 spiro atoms. The lowest BCUT2D eigenvalue weighted by molar-refractivity contribution is 0.417. The van der Waals surface area contributed by atoms with Gasteiger partial charge in [0, 0.05) is 23.7 Å². The fourth-order valence-electron chi connectivity index (χ4n) is 4.09. The summed E-state index contributed by atoms with van der Waals surface area (Å²) < 4.78 is 39.6. The summed E-state index contributed by atoms with van der Waals surface area (Å²) in [5.41, 5.74) is 4.05. The Morgan fingerprint density at radius 1 is 1.00 bits per heavy atom. The third kappa shape index (κ3) is 4.27. The predicted molar refractivity (Wildman–Crippen MR) is 137 cm³/mol. The first kappa shape index (κ1) is 22.2. The molecule has 1 aliphatic carbocycles. The van der Waals surface area contributed by atoms with Crippen LogP contribution in [-0.4, -0.2) is 30.9 Å². The third-order valence-corrected chi connectivity index (χ3v) is 7.53. The number of anilines is 3. The molecule has 0 aliphatic heterocycles. The molecule has 5 aromatic rings. The number of nitrogens with one attached hydrogen (secondary N) is 3. The maximum absolute atomic E-state index is 13.1. The summed E-state index contributed by atoms with van der Waals surface area (Å²) >= 11 is 0. The lowest BCUT2D eigenvalue weighted by atomic mass is 10.1. The van der Waals surface area contributed by atoms with Crippen LogP contribution in [0.5, 0.6) is 5.75 Å². The van der Waals surface area contributed by atoms with E-state index in [4.69, 9.17) is 9.26 Å². The number of nitrogens with zero attached hydrogens (tertiary/aromatic N) is 2. The Balaban J connectivity index is 1.26. The fourth-order valence-corrected chi connectivity index (χ4v) is 5.10. The van der Waals surface area contributed by atoms with E-state index >= 15 is 0 Å². The molecule has 0 amide bonds. The fraction of sp³-hybridized carbons (Fsp3) is 0.154. The summed E-state index contributed by atoms with van der Waals surface area (Å²) in [5.74, 6) is 1.79. The average Bonchev–Trinajstić information content (AvgIpc) is 3.54. The van der Waals surface area contributed by atoms with E-state index in [2.05, 4.69) is 25.4 Å². The molecule has 0 bridgehead atoms. The van der Waals surface area contributed by atoms with Crippen LogP contribution >= 0.6 is 0 Å². The highest BCUT2D eigenvalue weighted by molar-refractivity contribution is 7.92. The number of aromatic nitrogens is 3. The van der Waals surface area contributed by atoms with Crippen LogP contribution in [0.15, 0.2) is 82.2 Å². The van der Waals surface area contributed by atoms with E-state index in [1.165, 1.54) is 20.0 Å². The second kappa shape index (κ2) is 8.72. The van der Waals surface area contributed by atoms with Crippen molar-refractivity contribution < 1.29 is 17.7 Å². The molecule has 0 atom stereocenters. The molecule has 6 rings (SSSR count). The summed E-state index contributed by atoms with van der Waals surface area (Å²) in [6, 6.07) is 21.8. The van der Waals surface area contributed by atoms with Crippen molar-refractivity contribution >= 4 is 38.3 Å². The van der Waals surface area contributed by atoms with E-state index in [-0.39, 0.29) is 10.7 Å². The van der Waals surface area contributed by atoms with Gasteiger partial charge in [-0.25, -0.2) is 8.42 Å². The smallest absolute Gasteiger partial charge is 0.263 e. The molecule has 3 aromatic carbocycles. The van der Waals surface area contributed by atoms with E-state index in [1.54, 1.807) is 36.4 Å². The minimum Gasteiger partial charge on any atom is -0.495 e. The van der Waals surface area contributed by atoms with E-state index in [0.717, 1.165) is 16.8 Å².